The molecule has 1 fully saturated rings. The van der Waals surface area contributed by atoms with Crippen molar-refractivity contribution in [2.24, 2.45) is 5.41 Å². The summed E-state index contributed by atoms with van der Waals surface area (Å²) in [5, 5.41) is 13.8. The fraction of sp³-hybridized carbons (Fsp3) is 0.600. The summed E-state index contributed by atoms with van der Waals surface area (Å²) in [7, 11) is 2.93. The van der Waals surface area contributed by atoms with Gasteiger partial charge >= 0.3 is 5.97 Å². The van der Waals surface area contributed by atoms with Gasteiger partial charge in [-0.3, -0.25) is 25.0 Å². The topological polar surface area (TPSA) is 108 Å². The van der Waals surface area contributed by atoms with Crippen molar-refractivity contribution in [3.05, 3.63) is 39.9 Å². The molecule has 0 heterocycles. The molecule has 1 aromatic carbocycles. The molecule has 8 nitrogen and oxygen atoms in total. The molecule has 2 rings (SSSR count). The lowest BCUT2D eigenvalue weighted by Crippen LogP contribution is -2.45. The van der Waals surface area contributed by atoms with Crippen LogP contribution in [-0.2, 0) is 25.5 Å². The molecule has 0 saturated heterocycles. The van der Waals surface area contributed by atoms with E-state index >= 15 is 0 Å². The van der Waals surface area contributed by atoms with E-state index in [4.69, 9.17) is 9.47 Å². The number of hydrogen-bond donors (Lipinski definition) is 1. The molecule has 1 atom stereocenters. The van der Waals surface area contributed by atoms with E-state index in [0.717, 1.165) is 31.2 Å². The van der Waals surface area contributed by atoms with Gasteiger partial charge in [-0.25, -0.2) is 0 Å². The summed E-state index contributed by atoms with van der Waals surface area (Å²) in [6, 6.07) is 5.31. The average Bonchev–Trinajstić information content (AvgIpc) is 3.19. The standard InChI is InChI=1S/C20H28N2O6/c1-27-12-11-20(9-3-4-10-20)18(23)14-21-17(19(24)28-2)13-15-5-7-16(8-6-15)22(25)26/h5-8,17,21H,3-4,9-14H2,1-2H3/t17-/m0/s1. The van der Waals surface area contributed by atoms with Crippen molar-refractivity contribution in [1.82, 2.24) is 5.32 Å². The van der Waals surface area contributed by atoms with Crippen molar-refractivity contribution in [2.45, 2.75) is 44.6 Å². The van der Waals surface area contributed by atoms with Gasteiger partial charge in [-0.1, -0.05) is 25.0 Å². The van der Waals surface area contributed by atoms with E-state index in [1.54, 1.807) is 19.2 Å². The smallest absolute Gasteiger partial charge is 0.323 e. The third-order valence-electron chi connectivity index (χ3n) is 5.52. The highest BCUT2D eigenvalue weighted by Gasteiger charge is 2.40. The first kappa shape index (κ1) is 22.0. The van der Waals surface area contributed by atoms with Gasteiger partial charge in [-0.15, -0.1) is 0 Å². The van der Waals surface area contributed by atoms with Crippen molar-refractivity contribution >= 4 is 17.4 Å². The first-order chi connectivity index (χ1) is 13.4. The molecule has 154 valence electrons. The largest absolute Gasteiger partial charge is 0.468 e. The third kappa shape index (κ3) is 5.59. The quantitative estimate of drug-likeness (QED) is 0.350. The number of nitro groups is 1. The predicted molar refractivity (Wildman–Crippen MR) is 103 cm³/mol. The first-order valence-electron chi connectivity index (χ1n) is 9.48. The van der Waals surface area contributed by atoms with Gasteiger partial charge in [0.2, 0.25) is 0 Å². The number of Topliss-reactive ketones (excluding diaryl/α,β-unsaturated/α-hetero) is 1. The minimum Gasteiger partial charge on any atom is -0.468 e. The maximum absolute atomic E-state index is 12.9. The zero-order chi connectivity index (χ0) is 20.6. The van der Waals surface area contributed by atoms with Crippen molar-refractivity contribution in [3.8, 4) is 0 Å². The number of carbonyl (C=O) groups excluding carboxylic acids is 2. The number of ketones is 1. The summed E-state index contributed by atoms with van der Waals surface area (Å²) in [4.78, 5) is 35.4. The second kappa shape index (κ2) is 10.3. The van der Waals surface area contributed by atoms with Crippen LogP contribution in [0.1, 0.15) is 37.7 Å². The van der Waals surface area contributed by atoms with Crippen LogP contribution < -0.4 is 5.32 Å². The zero-order valence-electron chi connectivity index (χ0n) is 16.4. The minimum absolute atomic E-state index is 0.0113. The molecule has 8 heteroatoms. The van der Waals surface area contributed by atoms with E-state index in [9.17, 15) is 19.7 Å². The Balaban J connectivity index is 2.02. The maximum Gasteiger partial charge on any atom is 0.323 e. The lowest BCUT2D eigenvalue weighted by atomic mass is 9.78. The summed E-state index contributed by atoms with van der Waals surface area (Å²) in [6.45, 7) is 0.616. The van der Waals surface area contributed by atoms with Crippen LogP contribution in [0.5, 0.6) is 0 Å². The number of methoxy groups -OCH3 is 2. The molecule has 28 heavy (non-hydrogen) atoms. The number of carbonyl (C=O) groups is 2. The third-order valence-corrected chi connectivity index (χ3v) is 5.52. The molecule has 1 N–H and O–H groups in total. The molecular weight excluding hydrogens is 364 g/mol. The van der Waals surface area contributed by atoms with E-state index < -0.39 is 16.9 Å². The van der Waals surface area contributed by atoms with Gasteiger partial charge in [-0.2, -0.15) is 0 Å². The number of ether oxygens (including phenoxy) is 2. The van der Waals surface area contributed by atoms with E-state index in [2.05, 4.69) is 5.32 Å². The van der Waals surface area contributed by atoms with Crippen LogP contribution in [0.2, 0.25) is 0 Å². The molecule has 0 unspecified atom stereocenters. The summed E-state index contributed by atoms with van der Waals surface area (Å²) >= 11 is 0. The molecule has 1 saturated carbocycles. The van der Waals surface area contributed by atoms with E-state index in [-0.39, 0.29) is 29.9 Å². The second-order valence-electron chi connectivity index (χ2n) is 7.24. The fourth-order valence-corrected chi connectivity index (χ4v) is 3.79. The Morgan fingerprint density at radius 1 is 1.21 bits per heavy atom. The summed E-state index contributed by atoms with van der Waals surface area (Å²) in [5.74, 6) is -0.372. The van der Waals surface area contributed by atoms with Gasteiger partial charge in [0.15, 0.2) is 5.78 Å². The summed E-state index contributed by atoms with van der Waals surface area (Å²) in [5.41, 5.74) is 0.357. The second-order valence-corrected chi connectivity index (χ2v) is 7.24. The Kier molecular flexibility index (Phi) is 8.07. The van der Waals surface area contributed by atoms with E-state index in [0.29, 0.717) is 13.0 Å². The van der Waals surface area contributed by atoms with Crippen LogP contribution in [0, 0.1) is 15.5 Å². The van der Waals surface area contributed by atoms with Gasteiger partial charge in [0.1, 0.15) is 6.04 Å². The van der Waals surface area contributed by atoms with Crippen molar-refractivity contribution < 1.29 is 24.0 Å². The number of non-ortho nitro benzene ring substituents is 1. The van der Waals surface area contributed by atoms with E-state index in [1.165, 1.54) is 19.2 Å². The van der Waals surface area contributed by atoms with Crippen LogP contribution in [0.15, 0.2) is 24.3 Å². The number of nitro benzene ring substituents is 1. The van der Waals surface area contributed by atoms with Gasteiger partial charge in [0.25, 0.3) is 5.69 Å². The monoisotopic (exact) mass is 392 g/mol. The predicted octanol–water partition coefficient (Wildman–Crippen LogP) is 2.43. The maximum atomic E-state index is 12.9. The Morgan fingerprint density at radius 3 is 2.39 bits per heavy atom. The Morgan fingerprint density at radius 2 is 1.86 bits per heavy atom. The van der Waals surface area contributed by atoms with Crippen LogP contribution >= 0.6 is 0 Å². The SMILES string of the molecule is COCCC1(C(=O)CN[C@@H](Cc2ccc([N+](=O)[O-])cc2)C(=O)OC)CCCC1. The van der Waals surface area contributed by atoms with Gasteiger partial charge in [0.05, 0.1) is 18.6 Å². The molecule has 0 amide bonds. The highest BCUT2D eigenvalue weighted by atomic mass is 16.6. The Hall–Kier alpha value is -2.32. The number of hydrogen-bond acceptors (Lipinski definition) is 7. The number of nitrogens with zero attached hydrogens (tertiary/aromatic N) is 1. The van der Waals surface area contributed by atoms with Crippen molar-refractivity contribution in [1.29, 1.82) is 0 Å². The Labute approximate surface area is 164 Å². The van der Waals surface area contributed by atoms with Crippen LogP contribution in [-0.4, -0.2) is 50.1 Å². The lowest BCUT2D eigenvalue weighted by molar-refractivity contribution is -0.384. The van der Waals surface area contributed by atoms with Crippen LogP contribution in [0.3, 0.4) is 0 Å². The molecule has 0 spiro atoms. The number of nitrogens with one attached hydrogen (secondary N) is 1. The van der Waals surface area contributed by atoms with Gasteiger partial charge in [0, 0.05) is 31.3 Å². The molecular formula is C20H28N2O6. The number of benzene rings is 1. The van der Waals surface area contributed by atoms with Crippen LogP contribution in [0.4, 0.5) is 5.69 Å². The van der Waals surface area contributed by atoms with Crippen LogP contribution in [0.25, 0.3) is 0 Å². The number of rotatable bonds is 11. The van der Waals surface area contributed by atoms with Gasteiger partial charge < -0.3 is 9.47 Å². The Bertz CT molecular complexity index is 682. The van der Waals surface area contributed by atoms with Crippen molar-refractivity contribution in [2.75, 3.05) is 27.4 Å². The first-order valence-corrected chi connectivity index (χ1v) is 9.48. The molecule has 1 aromatic rings. The normalized spacial score (nSPS) is 16.5. The highest BCUT2D eigenvalue weighted by molar-refractivity contribution is 5.87. The molecule has 0 aliphatic heterocycles. The molecule has 1 aliphatic rings. The van der Waals surface area contributed by atoms with Crippen molar-refractivity contribution in [3.63, 3.8) is 0 Å². The van der Waals surface area contributed by atoms with Gasteiger partial charge in [-0.05, 0) is 31.2 Å². The summed E-state index contributed by atoms with van der Waals surface area (Å²) < 4.78 is 10.0. The molecule has 1 aliphatic carbocycles. The lowest BCUT2D eigenvalue weighted by Gasteiger charge is -2.28. The molecule has 0 aromatic heterocycles. The summed E-state index contributed by atoms with van der Waals surface area (Å²) in [6.07, 6.45) is 4.72. The average molecular weight is 392 g/mol. The minimum atomic E-state index is -0.698. The molecule has 0 bridgehead atoms. The fourth-order valence-electron chi connectivity index (χ4n) is 3.79. The zero-order valence-corrected chi connectivity index (χ0v) is 16.4. The highest BCUT2D eigenvalue weighted by Crippen LogP contribution is 2.41. The molecule has 0 radical (unpaired) electrons. The number of esters is 1. The van der Waals surface area contributed by atoms with E-state index in [1.807, 2.05) is 0 Å².